The molecule has 2 aromatic carbocycles. The lowest BCUT2D eigenvalue weighted by Crippen LogP contribution is -2.35. The molecule has 4 rings (SSSR count). The Morgan fingerprint density at radius 1 is 1.08 bits per heavy atom. The first-order valence-corrected chi connectivity index (χ1v) is 11.8. The van der Waals surface area contributed by atoms with Gasteiger partial charge in [-0.2, -0.15) is 0 Å². The van der Waals surface area contributed by atoms with Crippen molar-refractivity contribution in [3.05, 3.63) is 81.7 Å². The number of nitrogens with one attached hydrogen (secondary N) is 1. The van der Waals surface area contributed by atoms with Gasteiger partial charge >= 0.3 is 0 Å². The highest BCUT2D eigenvalue weighted by Gasteiger charge is 2.30. The lowest BCUT2D eigenvalue weighted by Gasteiger charge is -2.33. The molecule has 0 radical (unpaired) electrons. The van der Waals surface area contributed by atoms with Crippen LogP contribution in [0.3, 0.4) is 0 Å². The van der Waals surface area contributed by atoms with Crippen LogP contribution < -0.4 is 10.3 Å². The number of hydrogen-bond acceptors (Lipinski definition) is 7. The summed E-state index contributed by atoms with van der Waals surface area (Å²) >= 11 is 0. The number of aromatic nitrogens is 5. The molecule has 0 aliphatic carbocycles. The van der Waals surface area contributed by atoms with Crippen LogP contribution in [0.4, 0.5) is 4.39 Å². The molecular formula is C26H31FN6O3. The molecule has 0 bridgehead atoms. The Balaban J connectivity index is 1.75. The molecule has 190 valence electrons. The Kier molecular flexibility index (Phi) is 8.07. The molecule has 36 heavy (non-hydrogen) atoms. The Hall–Kier alpha value is -3.63. The molecule has 0 spiro atoms. The third kappa shape index (κ3) is 5.77. The van der Waals surface area contributed by atoms with Crippen molar-refractivity contribution in [2.24, 2.45) is 5.92 Å². The first kappa shape index (κ1) is 25.5. The number of tetrazole rings is 1. The molecule has 10 heteroatoms. The van der Waals surface area contributed by atoms with E-state index < -0.39 is 0 Å². The average Bonchev–Trinajstić information content (AvgIpc) is 3.31. The zero-order valence-corrected chi connectivity index (χ0v) is 20.9. The van der Waals surface area contributed by atoms with Gasteiger partial charge in [-0.1, -0.05) is 26.0 Å². The maximum absolute atomic E-state index is 13.6. The van der Waals surface area contributed by atoms with E-state index in [2.05, 4.69) is 39.3 Å². The maximum atomic E-state index is 13.6. The van der Waals surface area contributed by atoms with E-state index >= 15 is 0 Å². The molecule has 2 heterocycles. The van der Waals surface area contributed by atoms with Crippen LogP contribution in [-0.4, -0.2) is 50.9 Å². The summed E-state index contributed by atoms with van der Waals surface area (Å²) in [5.41, 5.74) is 2.05. The molecule has 0 fully saturated rings. The molecule has 0 unspecified atom stereocenters. The number of H-pyrrole nitrogens is 1. The molecule has 0 amide bonds. The number of aromatic amines is 1. The molecular weight excluding hydrogens is 463 g/mol. The number of fused-ring (bicyclic) bond motifs is 1. The highest BCUT2D eigenvalue weighted by Crippen LogP contribution is 2.30. The quantitative estimate of drug-likeness (QED) is 0.339. The summed E-state index contributed by atoms with van der Waals surface area (Å²) in [6.45, 7) is 5.97. The van der Waals surface area contributed by atoms with Gasteiger partial charge in [0.1, 0.15) is 11.6 Å². The number of pyridine rings is 1. The van der Waals surface area contributed by atoms with Gasteiger partial charge < -0.3 is 14.5 Å². The van der Waals surface area contributed by atoms with Gasteiger partial charge in [0.05, 0.1) is 31.8 Å². The van der Waals surface area contributed by atoms with Crippen molar-refractivity contribution >= 4 is 10.9 Å². The smallest absolute Gasteiger partial charge is 0.252 e. The van der Waals surface area contributed by atoms with Crippen molar-refractivity contribution in [3.63, 3.8) is 0 Å². The zero-order valence-electron chi connectivity index (χ0n) is 20.9. The van der Waals surface area contributed by atoms with Crippen molar-refractivity contribution < 1.29 is 13.9 Å². The maximum Gasteiger partial charge on any atom is 0.252 e. The van der Waals surface area contributed by atoms with Crippen LogP contribution in [0.5, 0.6) is 5.75 Å². The molecule has 0 saturated heterocycles. The van der Waals surface area contributed by atoms with Crippen LogP contribution in [0.2, 0.25) is 0 Å². The second-order valence-corrected chi connectivity index (χ2v) is 9.05. The summed E-state index contributed by atoms with van der Waals surface area (Å²) in [6.07, 6.45) is 0. The van der Waals surface area contributed by atoms with Crippen molar-refractivity contribution in [2.75, 3.05) is 20.8 Å². The van der Waals surface area contributed by atoms with Gasteiger partial charge in [-0.25, -0.2) is 9.07 Å². The summed E-state index contributed by atoms with van der Waals surface area (Å²) in [5.74, 6) is 1.18. The summed E-state index contributed by atoms with van der Waals surface area (Å²) in [5, 5.41) is 13.3. The summed E-state index contributed by atoms with van der Waals surface area (Å²) in [6, 6.07) is 13.7. The molecule has 1 atom stereocenters. The van der Waals surface area contributed by atoms with E-state index in [0.717, 1.165) is 10.9 Å². The Morgan fingerprint density at radius 2 is 1.86 bits per heavy atom. The van der Waals surface area contributed by atoms with Crippen molar-refractivity contribution in [3.8, 4) is 5.75 Å². The number of halogens is 1. The Labute approximate surface area is 208 Å². The van der Waals surface area contributed by atoms with Crippen molar-refractivity contribution in [1.29, 1.82) is 0 Å². The standard InChI is InChI=1S/C26H31FN6O3/c1-17(2)24(25-29-30-31-33(25)11-12-35-3)32(15-18-5-8-21(27)9-6-18)16-20-13-19-7-10-22(36-4)14-23(19)28-26(20)34/h5-10,13-14,17,24H,11-12,15-16H2,1-4H3,(H,28,34)/t24-/m0/s1. The number of nitrogens with zero attached hydrogens (tertiary/aromatic N) is 5. The molecule has 4 aromatic rings. The first-order chi connectivity index (χ1) is 17.4. The van der Waals surface area contributed by atoms with E-state index in [1.807, 2.05) is 18.2 Å². The highest BCUT2D eigenvalue weighted by molar-refractivity contribution is 5.80. The van der Waals surface area contributed by atoms with Crippen molar-refractivity contribution in [1.82, 2.24) is 30.1 Å². The van der Waals surface area contributed by atoms with Crippen LogP contribution in [0.1, 0.15) is 36.8 Å². The van der Waals surface area contributed by atoms with E-state index in [0.29, 0.717) is 48.9 Å². The Morgan fingerprint density at radius 3 is 2.56 bits per heavy atom. The van der Waals surface area contributed by atoms with Gasteiger partial charge in [-0.05, 0) is 57.6 Å². The fourth-order valence-electron chi connectivity index (χ4n) is 4.41. The van der Waals surface area contributed by atoms with E-state index in [1.165, 1.54) is 12.1 Å². The first-order valence-electron chi connectivity index (χ1n) is 11.8. The average molecular weight is 495 g/mol. The lowest BCUT2D eigenvalue weighted by molar-refractivity contribution is 0.121. The van der Waals surface area contributed by atoms with Gasteiger partial charge in [0.2, 0.25) is 0 Å². The minimum Gasteiger partial charge on any atom is -0.497 e. The molecule has 1 N–H and O–H groups in total. The van der Waals surface area contributed by atoms with Gasteiger partial charge in [0.15, 0.2) is 5.82 Å². The topological polar surface area (TPSA) is 98.2 Å². The van der Waals surface area contributed by atoms with Crippen molar-refractivity contribution in [2.45, 2.75) is 39.5 Å². The number of ether oxygens (including phenoxy) is 2. The van der Waals surface area contributed by atoms with Crippen LogP contribution in [0.15, 0.2) is 53.3 Å². The number of rotatable bonds is 11. The number of benzene rings is 2. The predicted octanol–water partition coefficient (Wildman–Crippen LogP) is 3.71. The van der Waals surface area contributed by atoms with E-state index in [9.17, 15) is 9.18 Å². The summed E-state index contributed by atoms with van der Waals surface area (Å²) in [4.78, 5) is 18.3. The largest absolute Gasteiger partial charge is 0.497 e. The number of methoxy groups -OCH3 is 2. The predicted molar refractivity (Wildman–Crippen MR) is 134 cm³/mol. The second kappa shape index (κ2) is 11.4. The highest BCUT2D eigenvalue weighted by atomic mass is 19.1. The monoisotopic (exact) mass is 494 g/mol. The molecule has 0 aliphatic rings. The van der Waals surface area contributed by atoms with Crippen LogP contribution in [0.25, 0.3) is 10.9 Å². The van der Waals surface area contributed by atoms with Gasteiger partial charge in [0, 0.05) is 31.8 Å². The summed E-state index contributed by atoms with van der Waals surface area (Å²) < 4.78 is 25.8. The minimum atomic E-state index is -0.296. The fraction of sp³-hybridized carbons (Fsp3) is 0.385. The SMILES string of the molecule is COCCn1nnnc1[C@H](C(C)C)N(Cc1ccc(F)cc1)Cc1cc2ccc(OC)cc2[nH]c1=O. The lowest BCUT2D eigenvalue weighted by atomic mass is 9.99. The van der Waals surface area contributed by atoms with E-state index in [1.54, 1.807) is 37.1 Å². The third-order valence-electron chi connectivity index (χ3n) is 6.16. The van der Waals surface area contributed by atoms with Crippen LogP contribution >= 0.6 is 0 Å². The molecule has 9 nitrogen and oxygen atoms in total. The van der Waals surface area contributed by atoms with Gasteiger partial charge in [-0.15, -0.1) is 5.10 Å². The minimum absolute atomic E-state index is 0.113. The van der Waals surface area contributed by atoms with Gasteiger partial charge in [-0.3, -0.25) is 9.69 Å². The second-order valence-electron chi connectivity index (χ2n) is 9.05. The van der Waals surface area contributed by atoms with Crippen LogP contribution in [-0.2, 0) is 24.4 Å². The van der Waals surface area contributed by atoms with Gasteiger partial charge in [0.25, 0.3) is 5.56 Å². The normalized spacial score (nSPS) is 12.5. The third-order valence-corrected chi connectivity index (χ3v) is 6.16. The number of hydrogen-bond donors (Lipinski definition) is 1. The van der Waals surface area contributed by atoms with Crippen LogP contribution in [0, 0.1) is 11.7 Å². The molecule has 0 saturated carbocycles. The summed E-state index contributed by atoms with van der Waals surface area (Å²) in [7, 11) is 3.22. The van der Waals surface area contributed by atoms with E-state index in [4.69, 9.17) is 9.47 Å². The molecule has 0 aliphatic heterocycles. The van der Waals surface area contributed by atoms with E-state index in [-0.39, 0.29) is 23.3 Å². The Bertz CT molecular complexity index is 1350. The molecule has 2 aromatic heterocycles. The zero-order chi connectivity index (χ0) is 25.7. The fourth-order valence-corrected chi connectivity index (χ4v) is 4.41.